The summed E-state index contributed by atoms with van der Waals surface area (Å²) in [6, 6.07) is 21.0. The van der Waals surface area contributed by atoms with Crippen molar-refractivity contribution in [1.29, 1.82) is 0 Å². The molecule has 0 radical (unpaired) electrons. The Labute approximate surface area is 232 Å². The number of hydrogen-bond donors (Lipinski definition) is 2. The average molecular weight is 529 g/mol. The van der Waals surface area contributed by atoms with E-state index >= 15 is 0 Å². The lowest BCUT2D eigenvalue weighted by Crippen LogP contribution is -2.41. The molecule has 6 nitrogen and oxygen atoms in total. The Morgan fingerprint density at radius 3 is 2.15 bits per heavy atom. The summed E-state index contributed by atoms with van der Waals surface area (Å²) in [5.74, 6) is 0.934. The molecule has 2 aliphatic rings. The van der Waals surface area contributed by atoms with Gasteiger partial charge in [0.1, 0.15) is 17.5 Å². The Bertz CT molecular complexity index is 1260. The maximum atomic E-state index is 11.4. The first-order valence-electron chi connectivity index (χ1n) is 14.0. The highest BCUT2D eigenvalue weighted by molar-refractivity contribution is 5.87. The summed E-state index contributed by atoms with van der Waals surface area (Å²) in [5, 5.41) is 11.9. The number of rotatable bonds is 8. The lowest BCUT2D eigenvalue weighted by Gasteiger charge is -2.35. The van der Waals surface area contributed by atoms with E-state index in [-0.39, 0.29) is 17.8 Å². The number of carbonyl (C=O) groups is 1. The maximum Gasteiger partial charge on any atom is 0.409 e. The van der Waals surface area contributed by atoms with Gasteiger partial charge in [-0.3, -0.25) is 5.32 Å². The molecular formula is C33H40N2O4. The number of anilines is 1. The summed E-state index contributed by atoms with van der Waals surface area (Å²) in [6.07, 6.45) is 2.87. The molecule has 206 valence electrons. The predicted octanol–water partition coefficient (Wildman–Crippen LogP) is 7.06. The molecule has 3 aromatic carbocycles. The average Bonchev–Trinajstić information content (AvgIpc) is 3.31. The van der Waals surface area contributed by atoms with Crippen molar-refractivity contribution < 1.29 is 19.4 Å². The number of hydrogen-bond acceptors (Lipinski definition) is 4. The Kier molecular flexibility index (Phi) is 7.96. The van der Waals surface area contributed by atoms with Crippen LogP contribution in [0.2, 0.25) is 0 Å². The lowest BCUT2D eigenvalue weighted by atomic mass is 9.90. The monoisotopic (exact) mass is 528 g/mol. The zero-order chi connectivity index (χ0) is 27.6. The van der Waals surface area contributed by atoms with Crippen LogP contribution in [0.25, 0.3) is 0 Å². The fourth-order valence-corrected chi connectivity index (χ4v) is 6.09. The molecular weight excluding hydrogens is 488 g/mol. The van der Waals surface area contributed by atoms with Gasteiger partial charge >= 0.3 is 6.09 Å². The second-order valence-electron chi connectivity index (χ2n) is 11.3. The molecule has 2 N–H and O–H groups in total. The summed E-state index contributed by atoms with van der Waals surface area (Å²) < 4.78 is 13.3. The third kappa shape index (κ3) is 5.97. The van der Waals surface area contributed by atoms with E-state index in [0.717, 1.165) is 73.3 Å². The number of amides is 1. The predicted molar refractivity (Wildman–Crippen MR) is 155 cm³/mol. The molecule has 0 saturated carbocycles. The molecule has 0 bridgehead atoms. The maximum absolute atomic E-state index is 11.4. The van der Waals surface area contributed by atoms with Gasteiger partial charge in [0, 0.05) is 31.6 Å². The first-order valence-corrected chi connectivity index (χ1v) is 14.0. The Morgan fingerprint density at radius 2 is 1.59 bits per heavy atom. The van der Waals surface area contributed by atoms with Crippen LogP contribution in [-0.4, -0.2) is 47.4 Å². The minimum Gasteiger partial charge on any atom is -0.487 e. The molecule has 1 saturated heterocycles. The zero-order valence-corrected chi connectivity index (χ0v) is 23.5. The van der Waals surface area contributed by atoms with Crippen molar-refractivity contribution in [3.05, 3.63) is 94.0 Å². The number of carboxylic acid groups (broad SMARTS) is 1. The number of benzene rings is 3. The molecule has 0 aromatic heterocycles. The quantitative estimate of drug-likeness (QED) is 0.328. The van der Waals surface area contributed by atoms with Crippen molar-refractivity contribution in [3.63, 3.8) is 0 Å². The standard InChI is InChI=1S/C33H40N2O4/c1-22-23(2)30-28(24(3)29(22)34-32(36)37)21-33(4,39-30)17-20-35-18-15-27(16-19-35)38-31(25-11-7-5-8-12-25)26-13-9-6-10-14-26/h5-14,27,31,34H,15-21H2,1-4H3,(H,36,37). The van der Waals surface area contributed by atoms with Crippen LogP contribution in [0.15, 0.2) is 60.7 Å². The Morgan fingerprint density at radius 1 is 1.00 bits per heavy atom. The van der Waals surface area contributed by atoms with E-state index < -0.39 is 6.09 Å². The zero-order valence-electron chi connectivity index (χ0n) is 23.5. The van der Waals surface area contributed by atoms with E-state index in [0.29, 0.717) is 5.69 Å². The van der Waals surface area contributed by atoms with E-state index in [1.807, 2.05) is 32.9 Å². The first kappa shape index (κ1) is 27.2. The fraction of sp³-hybridized carbons (Fsp3) is 0.424. The van der Waals surface area contributed by atoms with Crippen LogP contribution in [0.4, 0.5) is 10.5 Å². The summed E-state index contributed by atoms with van der Waals surface area (Å²) in [6.45, 7) is 11.1. The lowest BCUT2D eigenvalue weighted by molar-refractivity contribution is -0.0295. The number of nitrogens with zero attached hydrogens (tertiary/aromatic N) is 1. The summed E-state index contributed by atoms with van der Waals surface area (Å²) in [4.78, 5) is 13.9. The summed E-state index contributed by atoms with van der Waals surface area (Å²) >= 11 is 0. The van der Waals surface area contributed by atoms with Crippen molar-refractivity contribution in [2.75, 3.05) is 25.0 Å². The molecule has 1 amide bonds. The van der Waals surface area contributed by atoms with Gasteiger partial charge in [-0.05, 0) is 74.8 Å². The van der Waals surface area contributed by atoms with Crippen LogP contribution >= 0.6 is 0 Å². The summed E-state index contributed by atoms with van der Waals surface area (Å²) in [5.41, 5.74) is 6.84. The van der Waals surface area contributed by atoms with Gasteiger partial charge in [-0.15, -0.1) is 0 Å². The normalized spacial score (nSPS) is 19.6. The van der Waals surface area contributed by atoms with Gasteiger partial charge < -0.3 is 19.5 Å². The minimum absolute atomic E-state index is 0.0521. The molecule has 0 aliphatic carbocycles. The second-order valence-corrected chi connectivity index (χ2v) is 11.3. The van der Waals surface area contributed by atoms with Gasteiger partial charge in [0.25, 0.3) is 0 Å². The van der Waals surface area contributed by atoms with Crippen LogP contribution in [0.3, 0.4) is 0 Å². The summed E-state index contributed by atoms with van der Waals surface area (Å²) in [7, 11) is 0. The van der Waals surface area contributed by atoms with Crippen LogP contribution in [-0.2, 0) is 11.2 Å². The third-order valence-electron chi connectivity index (χ3n) is 8.54. The van der Waals surface area contributed by atoms with Crippen molar-refractivity contribution in [2.24, 2.45) is 0 Å². The molecule has 3 aromatic rings. The van der Waals surface area contributed by atoms with E-state index in [1.165, 1.54) is 11.1 Å². The SMILES string of the molecule is Cc1c(C)c2c(c(C)c1NC(=O)O)CC(C)(CCN1CCC(OC(c3ccccc3)c3ccccc3)CC1)O2. The number of piperidine rings is 1. The van der Waals surface area contributed by atoms with Crippen LogP contribution < -0.4 is 10.1 Å². The molecule has 2 aliphatic heterocycles. The molecule has 5 rings (SSSR count). The van der Waals surface area contributed by atoms with Gasteiger partial charge in [0.2, 0.25) is 0 Å². The van der Waals surface area contributed by atoms with Gasteiger partial charge in [0.15, 0.2) is 0 Å². The van der Waals surface area contributed by atoms with Crippen molar-refractivity contribution in [2.45, 2.75) is 71.2 Å². The molecule has 1 fully saturated rings. The van der Waals surface area contributed by atoms with E-state index in [2.05, 4.69) is 65.7 Å². The van der Waals surface area contributed by atoms with E-state index in [4.69, 9.17) is 9.47 Å². The first-order chi connectivity index (χ1) is 18.7. The van der Waals surface area contributed by atoms with Crippen molar-refractivity contribution in [1.82, 2.24) is 4.90 Å². The third-order valence-corrected chi connectivity index (χ3v) is 8.54. The van der Waals surface area contributed by atoms with Gasteiger partial charge in [-0.2, -0.15) is 0 Å². The second kappa shape index (κ2) is 11.4. The Hall–Kier alpha value is -3.35. The molecule has 1 unspecified atom stereocenters. The number of ether oxygens (including phenoxy) is 2. The van der Waals surface area contributed by atoms with Gasteiger partial charge in [-0.25, -0.2) is 4.79 Å². The highest BCUT2D eigenvalue weighted by Gasteiger charge is 2.38. The topological polar surface area (TPSA) is 71.0 Å². The van der Waals surface area contributed by atoms with Crippen molar-refractivity contribution >= 4 is 11.8 Å². The van der Waals surface area contributed by atoms with Gasteiger partial charge in [0.05, 0.1) is 11.8 Å². The largest absolute Gasteiger partial charge is 0.487 e. The highest BCUT2D eigenvalue weighted by Crippen LogP contribution is 2.45. The van der Waals surface area contributed by atoms with Crippen LogP contribution in [0, 0.1) is 20.8 Å². The van der Waals surface area contributed by atoms with Crippen molar-refractivity contribution in [3.8, 4) is 5.75 Å². The molecule has 0 spiro atoms. The molecule has 1 atom stereocenters. The Balaban J connectivity index is 1.18. The molecule has 2 heterocycles. The fourth-order valence-electron chi connectivity index (χ4n) is 6.09. The van der Waals surface area contributed by atoms with Gasteiger partial charge in [-0.1, -0.05) is 60.7 Å². The van der Waals surface area contributed by atoms with E-state index in [1.54, 1.807) is 0 Å². The number of likely N-dealkylation sites (tertiary alicyclic amines) is 1. The minimum atomic E-state index is -1.03. The van der Waals surface area contributed by atoms with E-state index in [9.17, 15) is 9.90 Å². The molecule has 39 heavy (non-hydrogen) atoms. The number of fused-ring (bicyclic) bond motifs is 1. The highest BCUT2D eigenvalue weighted by atomic mass is 16.5. The van der Waals surface area contributed by atoms with Crippen LogP contribution in [0.1, 0.15) is 65.7 Å². The number of nitrogens with one attached hydrogen (secondary N) is 1. The molecule has 6 heteroatoms. The van der Waals surface area contributed by atoms with Crippen LogP contribution in [0.5, 0.6) is 5.75 Å². The smallest absolute Gasteiger partial charge is 0.409 e.